The average molecular weight is 285 g/mol. The third-order valence-corrected chi connectivity index (χ3v) is 4.24. The lowest BCUT2D eigenvalue weighted by Crippen LogP contribution is -2.37. The Bertz CT molecular complexity index is 497. The molecule has 1 atom stereocenters. The molecular weight excluding hydrogens is 258 g/mol. The van der Waals surface area contributed by atoms with E-state index in [0.717, 1.165) is 31.2 Å². The predicted octanol–water partition coefficient (Wildman–Crippen LogP) is 1.91. The monoisotopic (exact) mass is 285 g/mol. The van der Waals surface area contributed by atoms with E-state index in [0.29, 0.717) is 6.54 Å². The van der Waals surface area contributed by atoms with Crippen molar-refractivity contribution in [1.29, 1.82) is 0 Å². The number of hydrogen-bond acceptors (Lipinski definition) is 3. The first-order valence-electron chi connectivity index (χ1n) is 8.01. The molecule has 0 saturated carbocycles. The molecule has 0 amide bonds. The zero-order valence-electron chi connectivity index (χ0n) is 13.3. The summed E-state index contributed by atoms with van der Waals surface area (Å²) in [5, 5.41) is 0. The van der Waals surface area contributed by atoms with Gasteiger partial charge in [-0.25, -0.2) is 0 Å². The summed E-state index contributed by atoms with van der Waals surface area (Å²) in [6, 6.07) is 9.24. The van der Waals surface area contributed by atoms with Crippen LogP contribution < -0.4 is 5.73 Å². The van der Waals surface area contributed by atoms with Crippen LogP contribution in [-0.2, 0) is 6.54 Å². The number of rotatable bonds is 5. The van der Waals surface area contributed by atoms with Crippen molar-refractivity contribution in [1.82, 2.24) is 9.80 Å². The Morgan fingerprint density at radius 1 is 1.33 bits per heavy atom. The second-order valence-electron chi connectivity index (χ2n) is 5.61. The fraction of sp³-hybridized carbons (Fsp3) is 0.556. The minimum atomic E-state index is 0.419. The van der Waals surface area contributed by atoms with E-state index in [4.69, 9.17) is 5.73 Å². The molecular formula is C18H27N3. The van der Waals surface area contributed by atoms with Gasteiger partial charge < -0.3 is 5.73 Å². The van der Waals surface area contributed by atoms with Gasteiger partial charge in [0.25, 0.3) is 0 Å². The van der Waals surface area contributed by atoms with E-state index in [9.17, 15) is 0 Å². The molecule has 21 heavy (non-hydrogen) atoms. The largest absolute Gasteiger partial charge is 0.320 e. The molecule has 1 heterocycles. The Kier molecular flexibility index (Phi) is 6.25. The van der Waals surface area contributed by atoms with Crippen LogP contribution in [0.5, 0.6) is 0 Å². The number of benzene rings is 1. The van der Waals surface area contributed by atoms with Crippen LogP contribution in [0.3, 0.4) is 0 Å². The van der Waals surface area contributed by atoms with E-state index in [1.165, 1.54) is 25.1 Å². The van der Waals surface area contributed by atoms with Crippen LogP contribution in [0.4, 0.5) is 0 Å². The first kappa shape index (κ1) is 16.0. The predicted molar refractivity (Wildman–Crippen MR) is 89.0 cm³/mol. The van der Waals surface area contributed by atoms with Crippen molar-refractivity contribution in [2.45, 2.75) is 32.9 Å². The molecule has 1 saturated heterocycles. The molecule has 0 bridgehead atoms. The van der Waals surface area contributed by atoms with Crippen LogP contribution >= 0.6 is 0 Å². The van der Waals surface area contributed by atoms with Crippen LogP contribution in [0.2, 0.25) is 0 Å². The molecule has 1 aromatic carbocycles. The Morgan fingerprint density at radius 3 is 2.86 bits per heavy atom. The van der Waals surface area contributed by atoms with Gasteiger partial charge in [-0.1, -0.05) is 37.8 Å². The fourth-order valence-electron chi connectivity index (χ4n) is 3.15. The zero-order valence-corrected chi connectivity index (χ0v) is 13.3. The van der Waals surface area contributed by atoms with Crippen molar-refractivity contribution in [2.75, 3.05) is 32.7 Å². The molecule has 1 aliphatic rings. The molecule has 0 aromatic heterocycles. The van der Waals surface area contributed by atoms with Crippen LogP contribution in [0.1, 0.15) is 31.4 Å². The third kappa shape index (κ3) is 4.57. The molecule has 0 spiro atoms. The lowest BCUT2D eigenvalue weighted by molar-refractivity contribution is 0.209. The number of nitrogens with two attached hydrogens (primary N) is 1. The zero-order chi connectivity index (χ0) is 15.1. The van der Waals surface area contributed by atoms with Gasteiger partial charge in [0, 0.05) is 31.2 Å². The highest BCUT2D eigenvalue weighted by atomic mass is 15.2. The fourth-order valence-corrected chi connectivity index (χ4v) is 3.15. The highest BCUT2D eigenvalue weighted by Gasteiger charge is 2.25. The Balaban J connectivity index is 1.94. The van der Waals surface area contributed by atoms with Crippen LogP contribution in [0, 0.1) is 11.8 Å². The molecule has 1 aromatic rings. The summed E-state index contributed by atoms with van der Waals surface area (Å²) in [7, 11) is 0. The topological polar surface area (TPSA) is 32.5 Å². The van der Waals surface area contributed by atoms with Gasteiger partial charge in [-0.15, -0.1) is 0 Å². The summed E-state index contributed by atoms with van der Waals surface area (Å²) >= 11 is 0. The summed E-state index contributed by atoms with van der Waals surface area (Å²) in [5.41, 5.74) is 7.84. The lowest BCUT2D eigenvalue weighted by atomic mass is 10.1. The average Bonchev–Trinajstić information content (AvgIpc) is 2.95. The summed E-state index contributed by atoms with van der Waals surface area (Å²) in [6.07, 6.45) is 1.29. The van der Waals surface area contributed by atoms with Gasteiger partial charge >= 0.3 is 0 Å². The van der Waals surface area contributed by atoms with Gasteiger partial charge in [-0.2, -0.15) is 0 Å². The molecule has 3 nitrogen and oxygen atoms in total. The first-order valence-corrected chi connectivity index (χ1v) is 8.01. The molecule has 2 N–H and O–H groups in total. The Morgan fingerprint density at radius 2 is 2.14 bits per heavy atom. The maximum atomic E-state index is 5.43. The molecule has 3 heteroatoms. The molecule has 114 valence electrons. The summed E-state index contributed by atoms with van der Waals surface area (Å²) in [6.45, 7) is 10.6. The lowest BCUT2D eigenvalue weighted by Gasteiger charge is -2.26. The molecule has 0 radical (unpaired) electrons. The molecule has 1 aliphatic heterocycles. The molecule has 2 rings (SSSR count). The van der Waals surface area contributed by atoms with Crippen molar-refractivity contribution >= 4 is 0 Å². The van der Waals surface area contributed by atoms with E-state index >= 15 is 0 Å². The van der Waals surface area contributed by atoms with Crippen molar-refractivity contribution < 1.29 is 0 Å². The Hall–Kier alpha value is -1.34. The molecule has 1 fully saturated rings. The second kappa shape index (κ2) is 8.19. The smallest absolute Gasteiger partial charge is 0.0555 e. The molecule has 0 aliphatic carbocycles. The van der Waals surface area contributed by atoms with E-state index < -0.39 is 0 Å². The summed E-state index contributed by atoms with van der Waals surface area (Å²) in [4.78, 5) is 5.13. The number of likely N-dealkylation sites (tertiary alicyclic amines) is 1. The van der Waals surface area contributed by atoms with E-state index in [-0.39, 0.29) is 0 Å². The quantitative estimate of drug-likeness (QED) is 0.839. The van der Waals surface area contributed by atoms with E-state index in [2.05, 4.69) is 59.8 Å². The molecule has 1 unspecified atom stereocenters. The van der Waals surface area contributed by atoms with Crippen molar-refractivity contribution in [2.24, 2.45) is 5.73 Å². The number of nitrogens with zero attached hydrogens (tertiary/aromatic N) is 2. The minimum Gasteiger partial charge on any atom is -0.320 e. The van der Waals surface area contributed by atoms with Crippen molar-refractivity contribution in [3.8, 4) is 11.8 Å². The third-order valence-electron chi connectivity index (χ3n) is 4.24. The maximum Gasteiger partial charge on any atom is 0.0555 e. The van der Waals surface area contributed by atoms with Gasteiger partial charge in [0.2, 0.25) is 0 Å². The van der Waals surface area contributed by atoms with E-state index in [1.807, 2.05) is 0 Å². The SMILES string of the molecule is CCN(CC)C1CCN(Cc2cccc(C#CCN)c2)C1. The van der Waals surface area contributed by atoms with Crippen molar-refractivity contribution in [3.63, 3.8) is 0 Å². The van der Waals surface area contributed by atoms with Crippen LogP contribution in [-0.4, -0.2) is 48.6 Å². The summed E-state index contributed by atoms with van der Waals surface area (Å²) < 4.78 is 0. The normalized spacial score (nSPS) is 18.8. The first-order chi connectivity index (χ1) is 10.3. The maximum absolute atomic E-state index is 5.43. The highest BCUT2D eigenvalue weighted by molar-refractivity contribution is 5.37. The van der Waals surface area contributed by atoms with Crippen molar-refractivity contribution in [3.05, 3.63) is 35.4 Å². The van der Waals surface area contributed by atoms with Gasteiger partial charge in [-0.05, 0) is 37.2 Å². The van der Waals surface area contributed by atoms with Crippen LogP contribution in [0.15, 0.2) is 24.3 Å². The second-order valence-corrected chi connectivity index (χ2v) is 5.61. The number of hydrogen-bond donors (Lipinski definition) is 1. The van der Waals surface area contributed by atoms with Gasteiger partial charge in [0.1, 0.15) is 0 Å². The van der Waals surface area contributed by atoms with Gasteiger partial charge in [-0.3, -0.25) is 9.80 Å². The Labute approximate surface area is 129 Å². The van der Waals surface area contributed by atoms with E-state index in [1.54, 1.807) is 0 Å². The minimum absolute atomic E-state index is 0.419. The van der Waals surface area contributed by atoms with Gasteiger partial charge in [0.05, 0.1) is 6.54 Å². The van der Waals surface area contributed by atoms with Gasteiger partial charge in [0.15, 0.2) is 0 Å². The standard InChI is InChI=1S/C18H27N3/c1-3-21(4-2)18-10-12-20(15-18)14-17-8-5-7-16(13-17)9-6-11-19/h5,7-8,13,18H,3-4,10-12,14-15,19H2,1-2H3. The van der Waals surface area contributed by atoms with Crippen LogP contribution in [0.25, 0.3) is 0 Å². The highest BCUT2D eigenvalue weighted by Crippen LogP contribution is 2.18. The summed E-state index contributed by atoms with van der Waals surface area (Å²) in [5.74, 6) is 6.03. The number of likely N-dealkylation sites (N-methyl/N-ethyl adjacent to an activating group) is 1.